The summed E-state index contributed by atoms with van der Waals surface area (Å²) in [7, 11) is 1.00. The predicted molar refractivity (Wildman–Crippen MR) is 123 cm³/mol. The van der Waals surface area contributed by atoms with Gasteiger partial charge in [0, 0.05) is 31.6 Å². The van der Waals surface area contributed by atoms with Crippen LogP contribution in [0.15, 0.2) is 42.2 Å². The van der Waals surface area contributed by atoms with Gasteiger partial charge in [-0.3, -0.25) is 4.79 Å². The van der Waals surface area contributed by atoms with Gasteiger partial charge in [0.25, 0.3) is 18.4 Å². The van der Waals surface area contributed by atoms with Gasteiger partial charge in [0.15, 0.2) is 17.4 Å². The maximum absolute atomic E-state index is 14.5. The lowest BCUT2D eigenvalue weighted by Crippen LogP contribution is -2.40. The zero-order chi connectivity index (χ0) is 25.6. The zero-order valence-corrected chi connectivity index (χ0v) is 19.1. The molecule has 3 atom stereocenters. The Bertz CT molecular complexity index is 1150. The van der Waals surface area contributed by atoms with E-state index in [1.807, 2.05) is 0 Å². The van der Waals surface area contributed by atoms with Crippen molar-refractivity contribution in [2.75, 3.05) is 12.4 Å². The van der Waals surface area contributed by atoms with Gasteiger partial charge in [0.1, 0.15) is 5.82 Å². The fourth-order valence-electron chi connectivity index (χ4n) is 4.04. The third-order valence-corrected chi connectivity index (χ3v) is 5.98. The van der Waals surface area contributed by atoms with E-state index in [-0.39, 0.29) is 48.5 Å². The van der Waals surface area contributed by atoms with Crippen LogP contribution in [-0.4, -0.2) is 46.4 Å². The Morgan fingerprint density at radius 1 is 1.26 bits per heavy atom. The molecule has 1 aromatic heterocycles. The molecule has 11 heteroatoms. The lowest BCUT2D eigenvalue weighted by atomic mass is 9.71. The number of nitrogens with zero attached hydrogens (tertiary/aromatic N) is 3. The van der Waals surface area contributed by atoms with Gasteiger partial charge < -0.3 is 15.2 Å². The van der Waals surface area contributed by atoms with Crippen LogP contribution in [0.1, 0.15) is 26.2 Å². The molecule has 1 aliphatic heterocycles. The predicted octanol–water partition coefficient (Wildman–Crippen LogP) is 3.93. The minimum absolute atomic E-state index is 0.0489. The van der Waals surface area contributed by atoms with Gasteiger partial charge in [0.05, 0.1) is 23.9 Å². The summed E-state index contributed by atoms with van der Waals surface area (Å²) in [6.07, 6.45) is 7.05. The minimum atomic E-state index is -2.84. The summed E-state index contributed by atoms with van der Waals surface area (Å²) in [5.74, 6) is -6.71. The van der Waals surface area contributed by atoms with Crippen LogP contribution in [0.3, 0.4) is 0 Å². The first kappa shape index (κ1) is 26.1. The molecule has 4 rings (SSSR count). The van der Waals surface area contributed by atoms with Crippen molar-refractivity contribution in [3.8, 4) is 11.6 Å². The summed E-state index contributed by atoms with van der Waals surface area (Å²) in [5, 5.41) is 9.63. The highest BCUT2D eigenvalue weighted by molar-refractivity contribution is 5.94. The molecule has 3 unspecified atom stereocenters. The number of anilines is 1. The molecule has 1 fully saturated rings. The average molecular weight is 493 g/mol. The Morgan fingerprint density at radius 3 is 2.66 bits per heavy atom. The molecule has 0 spiro atoms. The number of aliphatic hydroxyl groups is 1. The highest BCUT2D eigenvalue weighted by atomic mass is 19.3. The third kappa shape index (κ3) is 6.32. The van der Waals surface area contributed by atoms with E-state index < -0.39 is 29.4 Å². The van der Waals surface area contributed by atoms with Crippen molar-refractivity contribution in [2.45, 2.75) is 32.1 Å². The average Bonchev–Trinajstić information content (AvgIpc) is 3.37. The number of hydrogen-bond acceptors (Lipinski definition) is 5. The summed E-state index contributed by atoms with van der Waals surface area (Å²) in [4.78, 5) is 20.7. The van der Waals surface area contributed by atoms with E-state index in [0.29, 0.717) is 11.6 Å². The molecule has 2 N–H and O–H groups in total. The lowest BCUT2D eigenvalue weighted by molar-refractivity contribution is -0.125. The number of benzene rings is 1. The van der Waals surface area contributed by atoms with Crippen LogP contribution in [0.2, 0.25) is 0 Å². The van der Waals surface area contributed by atoms with Crippen LogP contribution in [0.25, 0.3) is 0 Å². The number of rotatable bonds is 6. The number of amides is 1. The number of nitrogens with one attached hydrogen (secondary N) is 1. The van der Waals surface area contributed by atoms with Crippen molar-refractivity contribution >= 4 is 24.2 Å². The minimum Gasteiger partial charge on any atom is -0.434 e. The molecule has 1 aliphatic carbocycles. The summed E-state index contributed by atoms with van der Waals surface area (Å²) in [6, 6.07) is 2.84. The summed E-state index contributed by atoms with van der Waals surface area (Å²) in [5.41, 5.74) is 0.483. The highest BCUT2D eigenvalue weighted by Gasteiger charge is 2.49. The quantitative estimate of drug-likeness (QED) is 0.470. The third-order valence-electron chi connectivity index (χ3n) is 5.98. The topological polar surface area (TPSA) is 98.4 Å². The number of aliphatic hydroxyl groups excluding tert-OH is 1. The standard InChI is InChI=1S/C23H20F4N4O2.CH4O/c1-13(14-4-6-23(26,27)17(8-14)15-5-7-28-10-15)22(32)31-20-11-30-21(12-29-20)33-19-3-2-16(24)9-18(19)25;1-2/h2-3,5,7,9-14,17H,4,6,8H2,1H3;2H,1H3/p+1. The normalized spacial score (nSPS) is 20.9. The summed E-state index contributed by atoms with van der Waals surface area (Å²) < 4.78 is 64.7. The second kappa shape index (κ2) is 11.2. The summed E-state index contributed by atoms with van der Waals surface area (Å²) >= 11 is 0. The Balaban J connectivity index is 0.00000167. The molecule has 0 bridgehead atoms. The van der Waals surface area contributed by atoms with Crippen LogP contribution in [0.5, 0.6) is 11.6 Å². The van der Waals surface area contributed by atoms with Crippen molar-refractivity contribution in [1.82, 2.24) is 14.6 Å². The van der Waals surface area contributed by atoms with Crippen molar-refractivity contribution < 1.29 is 32.2 Å². The van der Waals surface area contributed by atoms with E-state index in [9.17, 15) is 22.4 Å². The molecular formula is C24H25F4N4O3+. The van der Waals surface area contributed by atoms with E-state index in [1.165, 1.54) is 24.8 Å². The molecule has 1 amide bonds. The van der Waals surface area contributed by atoms with Gasteiger partial charge >= 0.3 is 0 Å². The first-order valence-electron chi connectivity index (χ1n) is 10.9. The SMILES string of the molecule is CC(C(=O)Nc1cnc(Oc2ccc(F)cc2F)cn1)C1CCC(F)(F)C(C2=CC=[N+]=C2)C1.CO. The zero-order valence-electron chi connectivity index (χ0n) is 19.1. The van der Waals surface area contributed by atoms with Crippen molar-refractivity contribution in [1.29, 1.82) is 0 Å². The molecule has 1 aromatic carbocycles. The van der Waals surface area contributed by atoms with Crippen molar-refractivity contribution in [3.63, 3.8) is 0 Å². The van der Waals surface area contributed by atoms with E-state index in [2.05, 4.69) is 20.0 Å². The highest BCUT2D eigenvalue weighted by Crippen LogP contribution is 2.46. The number of carbonyl (C=O) groups is 1. The second-order valence-electron chi connectivity index (χ2n) is 8.14. The molecule has 7 nitrogen and oxygen atoms in total. The maximum atomic E-state index is 14.5. The van der Waals surface area contributed by atoms with Gasteiger partial charge in [-0.05, 0) is 30.9 Å². The molecule has 35 heavy (non-hydrogen) atoms. The molecule has 0 radical (unpaired) electrons. The maximum Gasteiger partial charge on any atom is 0.296 e. The fraction of sp³-hybridized carbons (Fsp3) is 0.375. The van der Waals surface area contributed by atoms with Crippen LogP contribution in [0, 0.1) is 29.4 Å². The van der Waals surface area contributed by atoms with Crippen LogP contribution < -0.4 is 14.7 Å². The monoisotopic (exact) mass is 493 g/mol. The van der Waals surface area contributed by atoms with E-state index in [4.69, 9.17) is 9.84 Å². The molecule has 0 saturated heterocycles. The van der Waals surface area contributed by atoms with Gasteiger partial charge in [-0.2, -0.15) is 0 Å². The molecule has 1 saturated carbocycles. The molecule has 2 heterocycles. The fourth-order valence-corrected chi connectivity index (χ4v) is 4.04. The summed E-state index contributed by atoms with van der Waals surface area (Å²) in [6.45, 7) is 1.70. The number of alkyl halides is 2. The van der Waals surface area contributed by atoms with Crippen molar-refractivity contribution in [2.24, 2.45) is 17.8 Å². The Kier molecular flexibility index (Phi) is 8.37. The largest absolute Gasteiger partial charge is 0.434 e. The van der Waals surface area contributed by atoms with Gasteiger partial charge in [-0.15, -0.1) is 4.67 Å². The number of aromatic nitrogens is 2. The van der Waals surface area contributed by atoms with Crippen LogP contribution in [-0.2, 0) is 4.79 Å². The smallest absolute Gasteiger partial charge is 0.296 e. The van der Waals surface area contributed by atoms with Crippen LogP contribution in [0.4, 0.5) is 23.4 Å². The van der Waals surface area contributed by atoms with Gasteiger partial charge in [-0.1, -0.05) is 6.92 Å². The second-order valence-corrected chi connectivity index (χ2v) is 8.14. The molecule has 2 aliphatic rings. The molecular weight excluding hydrogens is 468 g/mol. The number of allylic oxidation sites excluding steroid dienone is 2. The van der Waals surface area contributed by atoms with Gasteiger partial charge in [0.2, 0.25) is 11.8 Å². The lowest BCUT2D eigenvalue weighted by Gasteiger charge is -2.37. The Labute approximate surface area is 199 Å². The Hall–Kier alpha value is -3.56. The molecule has 2 aromatic rings. The van der Waals surface area contributed by atoms with E-state index in [0.717, 1.165) is 19.2 Å². The van der Waals surface area contributed by atoms with Crippen molar-refractivity contribution in [3.05, 3.63) is 53.9 Å². The first-order chi connectivity index (χ1) is 16.7. The number of halogens is 4. The van der Waals surface area contributed by atoms with Crippen LogP contribution >= 0.6 is 0 Å². The Morgan fingerprint density at radius 2 is 2.03 bits per heavy atom. The van der Waals surface area contributed by atoms with Gasteiger partial charge in [-0.25, -0.2) is 27.5 Å². The van der Waals surface area contributed by atoms with E-state index >= 15 is 0 Å². The number of hydrogen-bond donors (Lipinski definition) is 2. The number of carbonyl (C=O) groups excluding carboxylic acids is 1. The van der Waals surface area contributed by atoms with E-state index in [1.54, 1.807) is 13.0 Å². The number of ether oxygens (including phenoxy) is 1. The first-order valence-corrected chi connectivity index (χ1v) is 10.9. The molecule has 186 valence electrons.